The zero-order valence-electron chi connectivity index (χ0n) is 14.3. The molecule has 2 rings (SSSR count). The van der Waals surface area contributed by atoms with Crippen molar-refractivity contribution >= 4 is 29.9 Å². The van der Waals surface area contributed by atoms with Gasteiger partial charge in [-0.25, -0.2) is 9.98 Å². The third-order valence-electron chi connectivity index (χ3n) is 3.72. The minimum absolute atomic E-state index is 0. The zero-order chi connectivity index (χ0) is 16.3. The lowest BCUT2D eigenvalue weighted by Crippen LogP contribution is -2.32. The van der Waals surface area contributed by atoms with Crippen molar-refractivity contribution in [1.82, 2.24) is 14.9 Å². The van der Waals surface area contributed by atoms with E-state index in [1.54, 1.807) is 0 Å². The van der Waals surface area contributed by atoms with Crippen molar-refractivity contribution in [3.8, 4) is 0 Å². The Bertz CT molecular complexity index is 594. The first-order valence-electron chi connectivity index (χ1n) is 8.37. The molecule has 3 N–H and O–H groups in total. The monoisotopic (exact) mass is 441 g/mol. The van der Waals surface area contributed by atoms with Crippen LogP contribution in [0.1, 0.15) is 44.0 Å². The molecule has 0 fully saturated rings. The standard InChI is InChI=1S/C18H27N5.HI/c1-2-3-4-8-11-21-18(19)22-14-17-20-12-13-23(17)15-16-9-6-5-7-10-16;/h5-7,9-10,12-13H,2-4,8,11,14-15H2,1H3,(H3,19,21,22);1H. The van der Waals surface area contributed by atoms with Gasteiger partial charge in [0.05, 0.1) is 0 Å². The molecule has 1 aromatic heterocycles. The van der Waals surface area contributed by atoms with Gasteiger partial charge in [0, 0.05) is 25.5 Å². The fourth-order valence-electron chi connectivity index (χ4n) is 2.40. The average Bonchev–Trinajstić information content (AvgIpc) is 3.01. The summed E-state index contributed by atoms with van der Waals surface area (Å²) in [7, 11) is 0. The Labute approximate surface area is 161 Å². The fraction of sp³-hybridized carbons (Fsp3) is 0.444. The van der Waals surface area contributed by atoms with Crippen LogP contribution in [0.25, 0.3) is 0 Å². The number of nitrogens with two attached hydrogens (primary N) is 1. The second-order valence-electron chi connectivity index (χ2n) is 5.65. The summed E-state index contributed by atoms with van der Waals surface area (Å²) in [4.78, 5) is 8.76. The SMILES string of the molecule is CCCCCCNC(N)=NCc1nccn1Cc1ccccc1.I. The minimum atomic E-state index is 0. The van der Waals surface area contributed by atoms with Crippen LogP contribution in [0.15, 0.2) is 47.7 Å². The molecule has 132 valence electrons. The number of imidazole rings is 1. The largest absolute Gasteiger partial charge is 0.370 e. The van der Waals surface area contributed by atoms with Gasteiger partial charge in [0.25, 0.3) is 0 Å². The Kier molecular flexibility index (Phi) is 10.1. The van der Waals surface area contributed by atoms with E-state index in [0.717, 1.165) is 25.3 Å². The molecule has 1 heterocycles. The van der Waals surface area contributed by atoms with Crippen molar-refractivity contribution in [3.63, 3.8) is 0 Å². The number of halogens is 1. The summed E-state index contributed by atoms with van der Waals surface area (Å²) in [6.07, 6.45) is 8.67. The lowest BCUT2D eigenvalue weighted by Gasteiger charge is -2.08. The summed E-state index contributed by atoms with van der Waals surface area (Å²) in [6.45, 7) is 4.39. The third kappa shape index (κ3) is 7.33. The predicted octanol–water partition coefficient (Wildman–Crippen LogP) is 3.53. The van der Waals surface area contributed by atoms with Gasteiger partial charge in [-0.1, -0.05) is 56.5 Å². The molecule has 0 aliphatic carbocycles. The van der Waals surface area contributed by atoms with E-state index >= 15 is 0 Å². The first-order chi connectivity index (χ1) is 11.3. The maximum Gasteiger partial charge on any atom is 0.189 e. The molecule has 0 saturated heterocycles. The number of hydrogen-bond acceptors (Lipinski definition) is 2. The Morgan fingerprint density at radius 2 is 2.00 bits per heavy atom. The highest BCUT2D eigenvalue weighted by molar-refractivity contribution is 14.0. The highest BCUT2D eigenvalue weighted by Crippen LogP contribution is 2.06. The maximum atomic E-state index is 5.91. The molecule has 0 atom stereocenters. The first-order valence-corrected chi connectivity index (χ1v) is 8.37. The van der Waals surface area contributed by atoms with Gasteiger partial charge >= 0.3 is 0 Å². The van der Waals surface area contributed by atoms with Crippen LogP contribution in [0.4, 0.5) is 0 Å². The Morgan fingerprint density at radius 3 is 2.75 bits per heavy atom. The maximum absolute atomic E-state index is 5.91. The predicted molar refractivity (Wildman–Crippen MR) is 111 cm³/mol. The van der Waals surface area contributed by atoms with Crippen LogP contribution in [-0.2, 0) is 13.1 Å². The van der Waals surface area contributed by atoms with Crippen LogP contribution in [0.3, 0.4) is 0 Å². The number of hydrogen-bond donors (Lipinski definition) is 2. The molecular weight excluding hydrogens is 413 g/mol. The number of aliphatic imine (C=N–C) groups is 1. The van der Waals surface area contributed by atoms with E-state index in [1.807, 2.05) is 30.6 Å². The Balaban J connectivity index is 0.00000288. The van der Waals surface area contributed by atoms with E-state index < -0.39 is 0 Å². The first kappa shape index (κ1) is 20.5. The summed E-state index contributed by atoms with van der Waals surface area (Å²) in [6, 6.07) is 10.3. The summed E-state index contributed by atoms with van der Waals surface area (Å²) in [5.41, 5.74) is 7.16. The third-order valence-corrected chi connectivity index (χ3v) is 3.72. The van der Waals surface area contributed by atoms with E-state index in [-0.39, 0.29) is 24.0 Å². The summed E-state index contributed by atoms with van der Waals surface area (Å²) >= 11 is 0. The lowest BCUT2D eigenvalue weighted by atomic mass is 10.2. The van der Waals surface area contributed by atoms with Gasteiger partial charge in [0.15, 0.2) is 5.96 Å². The van der Waals surface area contributed by atoms with E-state index in [4.69, 9.17) is 5.73 Å². The van der Waals surface area contributed by atoms with E-state index in [9.17, 15) is 0 Å². The van der Waals surface area contributed by atoms with Crippen LogP contribution in [0.5, 0.6) is 0 Å². The molecule has 1 aromatic carbocycles. The van der Waals surface area contributed by atoms with E-state index in [1.165, 1.54) is 24.8 Å². The van der Waals surface area contributed by atoms with Crippen molar-refractivity contribution in [3.05, 3.63) is 54.1 Å². The van der Waals surface area contributed by atoms with Crippen molar-refractivity contribution in [2.75, 3.05) is 6.54 Å². The van der Waals surface area contributed by atoms with E-state index in [2.05, 4.69) is 38.9 Å². The van der Waals surface area contributed by atoms with Crippen LogP contribution >= 0.6 is 24.0 Å². The summed E-state index contributed by atoms with van der Waals surface area (Å²) in [5, 5.41) is 3.16. The van der Waals surface area contributed by atoms with Crippen LogP contribution < -0.4 is 11.1 Å². The number of unbranched alkanes of at least 4 members (excludes halogenated alkanes) is 3. The van der Waals surface area contributed by atoms with Gasteiger partial charge in [-0.05, 0) is 12.0 Å². The van der Waals surface area contributed by atoms with Gasteiger partial charge < -0.3 is 15.6 Å². The van der Waals surface area contributed by atoms with Crippen LogP contribution in [0, 0.1) is 0 Å². The van der Waals surface area contributed by atoms with Crippen molar-refractivity contribution in [1.29, 1.82) is 0 Å². The van der Waals surface area contributed by atoms with Gasteiger partial charge in [-0.3, -0.25) is 0 Å². The molecule has 5 nitrogen and oxygen atoms in total. The number of aromatic nitrogens is 2. The highest BCUT2D eigenvalue weighted by atomic mass is 127. The Morgan fingerprint density at radius 1 is 1.21 bits per heavy atom. The second-order valence-corrected chi connectivity index (χ2v) is 5.65. The van der Waals surface area contributed by atoms with Gasteiger partial charge in [-0.15, -0.1) is 24.0 Å². The molecule has 6 heteroatoms. The number of rotatable bonds is 9. The highest BCUT2D eigenvalue weighted by Gasteiger charge is 2.03. The summed E-state index contributed by atoms with van der Waals surface area (Å²) < 4.78 is 2.10. The molecule has 0 unspecified atom stereocenters. The van der Waals surface area contributed by atoms with Gasteiger partial charge in [-0.2, -0.15) is 0 Å². The molecule has 0 saturated carbocycles. The van der Waals surface area contributed by atoms with E-state index in [0.29, 0.717) is 12.5 Å². The molecule has 0 amide bonds. The van der Waals surface area contributed by atoms with Crippen molar-refractivity contribution in [2.24, 2.45) is 10.7 Å². The molecule has 0 aliphatic heterocycles. The minimum Gasteiger partial charge on any atom is -0.370 e. The normalized spacial score (nSPS) is 11.1. The van der Waals surface area contributed by atoms with Crippen molar-refractivity contribution in [2.45, 2.75) is 45.7 Å². The fourth-order valence-corrected chi connectivity index (χ4v) is 2.40. The molecule has 2 aromatic rings. The number of benzene rings is 1. The second kappa shape index (κ2) is 11.9. The van der Waals surface area contributed by atoms with Gasteiger partial charge in [0.2, 0.25) is 0 Å². The molecule has 0 bridgehead atoms. The smallest absolute Gasteiger partial charge is 0.189 e. The van der Waals surface area contributed by atoms with Crippen molar-refractivity contribution < 1.29 is 0 Å². The number of nitrogens with zero attached hydrogens (tertiary/aromatic N) is 3. The molecule has 24 heavy (non-hydrogen) atoms. The van der Waals surface area contributed by atoms with Crippen LogP contribution in [0.2, 0.25) is 0 Å². The molecule has 0 radical (unpaired) electrons. The quantitative estimate of drug-likeness (QED) is 0.271. The number of guanidine groups is 1. The number of nitrogens with one attached hydrogen (secondary N) is 1. The Hall–Kier alpha value is -1.57. The molecular formula is C18H28IN5. The topological polar surface area (TPSA) is 68.2 Å². The lowest BCUT2D eigenvalue weighted by molar-refractivity contribution is 0.651. The summed E-state index contributed by atoms with van der Waals surface area (Å²) in [5.74, 6) is 1.42. The van der Waals surface area contributed by atoms with Gasteiger partial charge in [0.1, 0.15) is 12.4 Å². The molecule has 0 spiro atoms. The van der Waals surface area contributed by atoms with Crippen LogP contribution in [-0.4, -0.2) is 22.1 Å². The zero-order valence-corrected chi connectivity index (χ0v) is 16.6. The average molecular weight is 441 g/mol. The molecule has 0 aliphatic rings.